The molecular formula is C13H26N2O. The minimum Gasteiger partial charge on any atom is -0.339 e. The van der Waals surface area contributed by atoms with Crippen LogP contribution >= 0.6 is 0 Å². The third-order valence-corrected chi connectivity index (χ3v) is 2.95. The molecule has 0 radical (unpaired) electrons. The number of nitrogens with zero attached hydrogens (tertiary/aromatic N) is 1. The van der Waals surface area contributed by atoms with Crippen LogP contribution in [0.3, 0.4) is 0 Å². The van der Waals surface area contributed by atoms with Gasteiger partial charge >= 0.3 is 0 Å². The first-order valence-corrected chi connectivity index (χ1v) is 6.57. The molecule has 0 saturated heterocycles. The monoisotopic (exact) mass is 226 g/mol. The molecule has 0 bridgehead atoms. The molecule has 0 aromatic carbocycles. The standard InChI is InChI=1S/C13H26N2O/c1-5-14-8-11(4)13(16)15(9-10(2)3)12-6-7-12/h10-12,14H,5-9H2,1-4H3. The summed E-state index contributed by atoms with van der Waals surface area (Å²) in [6, 6.07) is 0.541. The summed E-state index contributed by atoms with van der Waals surface area (Å²) in [4.78, 5) is 14.4. The number of nitrogens with one attached hydrogen (secondary N) is 1. The van der Waals surface area contributed by atoms with E-state index in [2.05, 4.69) is 31.0 Å². The van der Waals surface area contributed by atoms with Gasteiger partial charge in [-0.05, 0) is 25.3 Å². The molecule has 16 heavy (non-hydrogen) atoms. The van der Waals surface area contributed by atoms with Gasteiger partial charge < -0.3 is 10.2 Å². The van der Waals surface area contributed by atoms with Gasteiger partial charge in [0.2, 0.25) is 5.91 Å². The Hall–Kier alpha value is -0.570. The number of carbonyl (C=O) groups excluding carboxylic acids is 1. The third-order valence-electron chi connectivity index (χ3n) is 2.95. The van der Waals surface area contributed by atoms with Crippen molar-refractivity contribution >= 4 is 5.91 Å². The van der Waals surface area contributed by atoms with Crippen molar-refractivity contribution in [3.63, 3.8) is 0 Å². The van der Waals surface area contributed by atoms with E-state index in [1.165, 1.54) is 12.8 Å². The molecule has 0 aromatic rings. The van der Waals surface area contributed by atoms with Gasteiger partial charge in [0.15, 0.2) is 0 Å². The summed E-state index contributed by atoms with van der Waals surface area (Å²) < 4.78 is 0. The lowest BCUT2D eigenvalue weighted by Gasteiger charge is -2.27. The van der Waals surface area contributed by atoms with Crippen LogP contribution in [-0.2, 0) is 4.79 Å². The van der Waals surface area contributed by atoms with Crippen molar-refractivity contribution in [2.45, 2.75) is 46.6 Å². The summed E-state index contributed by atoms with van der Waals surface area (Å²) >= 11 is 0. The Morgan fingerprint density at radius 2 is 2.00 bits per heavy atom. The Morgan fingerprint density at radius 3 is 2.44 bits per heavy atom. The molecule has 1 saturated carbocycles. The average molecular weight is 226 g/mol. The van der Waals surface area contributed by atoms with Crippen LogP contribution in [0.5, 0.6) is 0 Å². The lowest BCUT2D eigenvalue weighted by molar-refractivity contribution is -0.136. The highest BCUT2D eigenvalue weighted by Gasteiger charge is 2.34. The van der Waals surface area contributed by atoms with Gasteiger partial charge in [-0.2, -0.15) is 0 Å². The second-order valence-electron chi connectivity index (χ2n) is 5.32. The first-order chi connectivity index (χ1) is 7.56. The average Bonchev–Trinajstić information content (AvgIpc) is 3.05. The molecule has 1 atom stereocenters. The highest BCUT2D eigenvalue weighted by Crippen LogP contribution is 2.28. The zero-order valence-electron chi connectivity index (χ0n) is 11.1. The number of amides is 1. The van der Waals surface area contributed by atoms with E-state index < -0.39 is 0 Å². The number of hydrogen-bond donors (Lipinski definition) is 1. The molecule has 1 aliphatic carbocycles. The summed E-state index contributed by atoms with van der Waals surface area (Å²) in [7, 11) is 0. The van der Waals surface area contributed by atoms with Crippen LogP contribution in [0.15, 0.2) is 0 Å². The highest BCUT2D eigenvalue weighted by molar-refractivity contribution is 5.79. The summed E-state index contributed by atoms with van der Waals surface area (Å²) in [5.41, 5.74) is 0. The normalized spacial score (nSPS) is 17.6. The molecule has 94 valence electrons. The summed E-state index contributed by atoms with van der Waals surface area (Å²) in [5.74, 6) is 1.01. The molecule has 3 nitrogen and oxygen atoms in total. The molecule has 0 aromatic heterocycles. The second-order valence-corrected chi connectivity index (χ2v) is 5.32. The Bertz CT molecular complexity index is 224. The quantitative estimate of drug-likeness (QED) is 0.719. The molecular weight excluding hydrogens is 200 g/mol. The van der Waals surface area contributed by atoms with Crippen molar-refractivity contribution in [2.75, 3.05) is 19.6 Å². The molecule has 0 aliphatic heterocycles. The highest BCUT2D eigenvalue weighted by atomic mass is 16.2. The van der Waals surface area contributed by atoms with Gasteiger partial charge in [-0.15, -0.1) is 0 Å². The van der Waals surface area contributed by atoms with E-state index in [1.54, 1.807) is 0 Å². The number of hydrogen-bond acceptors (Lipinski definition) is 2. The molecule has 1 aliphatic rings. The zero-order chi connectivity index (χ0) is 12.1. The van der Waals surface area contributed by atoms with Gasteiger partial charge in [0, 0.05) is 25.0 Å². The fourth-order valence-corrected chi connectivity index (χ4v) is 1.93. The van der Waals surface area contributed by atoms with Crippen molar-refractivity contribution in [3.8, 4) is 0 Å². The van der Waals surface area contributed by atoms with Crippen LogP contribution in [0.2, 0.25) is 0 Å². The predicted octanol–water partition coefficient (Wildman–Crippen LogP) is 1.88. The number of rotatable bonds is 7. The maximum Gasteiger partial charge on any atom is 0.226 e. The van der Waals surface area contributed by atoms with Crippen molar-refractivity contribution in [1.82, 2.24) is 10.2 Å². The minimum absolute atomic E-state index is 0.110. The lowest BCUT2D eigenvalue weighted by atomic mass is 10.1. The number of carbonyl (C=O) groups is 1. The van der Waals surface area contributed by atoms with Crippen LogP contribution < -0.4 is 5.32 Å². The smallest absolute Gasteiger partial charge is 0.226 e. The maximum absolute atomic E-state index is 12.3. The SMILES string of the molecule is CCNCC(C)C(=O)N(CC(C)C)C1CC1. The minimum atomic E-state index is 0.110. The fraction of sp³-hybridized carbons (Fsp3) is 0.923. The van der Waals surface area contributed by atoms with Crippen LogP contribution in [0, 0.1) is 11.8 Å². The summed E-state index contributed by atoms with van der Waals surface area (Å²) in [6.07, 6.45) is 2.40. The molecule has 1 fully saturated rings. The zero-order valence-corrected chi connectivity index (χ0v) is 11.1. The first kappa shape index (κ1) is 13.5. The van der Waals surface area contributed by atoms with E-state index in [9.17, 15) is 4.79 Å². The largest absolute Gasteiger partial charge is 0.339 e. The van der Waals surface area contributed by atoms with Gasteiger partial charge in [-0.3, -0.25) is 4.79 Å². The van der Waals surface area contributed by atoms with Crippen LogP contribution in [0.25, 0.3) is 0 Å². The van der Waals surface area contributed by atoms with E-state index in [0.717, 1.165) is 19.6 Å². The van der Waals surface area contributed by atoms with Crippen LogP contribution in [0.1, 0.15) is 40.5 Å². The first-order valence-electron chi connectivity index (χ1n) is 6.57. The van der Waals surface area contributed by atoms with Gasteiger partial charge in [0.1, 0.15) is 0 Å². The molecule has 0 spiro atoms. The predicted molar refractivity (Wildman–Crippen MR) is 67.3 cm³/mol. The van der Waals surface area contributed by atoms with Crippen LogP contribution in [-0.4, -0.2) is 36.5 Å². The third kappa shape index (κ3) is 4.12. The second kappa shape index (κ2) is 6.24. The Labute approximate surface area is 99.6 Å². The maximum atomic E-state index is 12.3. The molecule has 0 heterocycles. The van der Waals surface area contributed by atoms with Gasteiger partial charge in [-0.25, -0.2) is 0 Å². The Morgan fingerprint density at radius 1 is 1.38 bits per heavy atom. The van der Waals surface area contributed by atoms with Gasteiger partial charge in [0.25, 0.3) is 0 Å². The Balaban J connectivity index is 2.46. The van der Waals surface area contributed by atoms with E-state index in [1.807, 2.05) is 6.92 Å². The van der Waals surface area contributed by atoms with Crippen molar-refractivity contribution in [3.05, 3.63) is 0 Å². The Kier molecular flexibility index (Phi) is 5.26. The van der Waals surface area contributed by atoms with E-state index in [-0.39, 0.29) is 5.92 Å². The fourth-order valence-electron chi connectivity index (χ4n) is 1.93. The summed E-state index contributed by atoms with van der Waals surface area (Å²) in [5, 5.41) is 3.25. The summed E-state index contributed by atoms with van der Waals surface area (Å²) in [6.45, 7) is 11.1. The van der Waals surface area contributed by atoms with Crippen molar-refractivity contribution in [1.29, 1.82) is 0 Å². The molecule has 1 N–H and O–H groups in total. The van der Waals surface area contributed by atoms with Gasteiger partial charge in [-0.1, -0.05) is 27.7 Å². The topological polar surface area (TPSA) is 32.3 Å². The van der Waals surface area contributed by atoms with Crippen molar-refractivity contribution < 1.29 is 4.79 Å². The molecule has 3 heteroatoms. The van der Waals surface area contributed by atoms with E-state index in [0.29, 0.717) is 17.9 Å². The van der Waals surface area contributed by atoms with Crippen LogP contribution in [0.4, 0.5) is 0 Å². The lowest BCUT2D eigenvalue weighted by Crippen LogP contribution is -2.42. The molecule has 1 unspecified atom stereocenters. The molecule has 1 amide bonds. The van der Waals surface area contributed by atoms with Gasteiger partial charge in [0.05, 0.1) is 0 Å². The van der Waals surface area contributed by atoms with E-state index in [4.69, 9.17) is 0 Å². The molecule has 1 rings (SSSR count). The van der Waals surface area contributed by atoms with E-state index >= 15 is 0 Å². The van der Waals surface area contributed by atoms with Crippen molar-refractivity contribution in [2.24, 2.45) is 11.8 Å².